The standard InChI is InChI=1S/C33H34BrN3O5S/c1-4-35-33(39)25(3)36(22-26-12-14-27(34)15-13-26)32(38)23-37(43(40,41)31-20-10-24(2)11-21-31)28-16-18-30(19-17-28)42-29-8-6-5-7-9-29/h5-21,25H,4,22-23H2,1-3H3,(H,35,39). The molecule has 1 unspecified atom stereocenters. The van der Waals surface area contributed by atoms with Crippen molar-refractivity contribution in [1.82, 2.24) is 10.2 Å². The Morgan fingerprint density at radius 2 is 1.47 bits per heavy atom. The van der Waals surface area contributed by atoms with Crippen LogP contribution in [0.4, 0.5) is 5.69 Å². The van der Waals surface area contributed by atoms with Gasteiger partial charge < -0.3 is 15.0 Å². The van der Waals surface area contributed by atoms with Crippen molar-refractivity contribution in [3.63, 3.8) is 0 Å². The number of anilines is 1. The zero-order valence-corrected chi connectivity index (χ0v) is 26.6. The van der Waals surface area contributed by atoms with Crippen LogP contribution in [0.1, 0.15) is 25.0 Å². The lowest BCUT2D eigenvalue weighted by Gasteiger charge is -2.32. The number of nitrogens with one attached hydrogen (secondary N) is 1. The van der Waals surface area contributed by atoms with Crippen LogP contribution in [0.25, 0.3) is 0 Å². The van der Waals surface area contributed by atoms with Gasteiger partial charge in [0.2, 0.25) is 11.8 Å². The summed E-state index contributed by atoms with van der Waals surface area (Å²) < 4.78 is 35.9. The largest absolute Gasteiger partial charge is 0.457 e. The summed E-state index contributed by atoms with van der Waals surface area (Å²) >= 11 is 3.42. The number of rotatable bonds is 12. The first-order valence-corrected chi connectivity index (χ1v) is 16.1. The number of ether oxygens (including phenoxy) is 1. The minimum atomic E-state index is -4.17. The molecule has 0 heterocycles. The summed E-state index contributed by atoms with van der Waals surface area (Å²) in [6.07, 6.45) is 0. The molecule has 224 valence electrons. The molecule has 1 N–H and O–H groups in total. The third kappa shape index (κ3) is 8.24. The van der Waals surface area contributed by atoms with Crippen LogP contribution in [-0.2, 0) is 26.2 Å². The van der Waals surface area contributed by atoms with Gasteiger partial charge in [0.25, 0.3) is 10.0 Å². The molecule has 1 atom stereocenters. The van der Waals surface area contributed by atoms with Gasteiger partial charge in [-0.05, 0) is 87.0 Å². The van der Waals surface area contributed by atoms with Crippen molar-refractivity contribution in [2.45, 2.75) is 38.3 Å². The number of hydrogen-bond donors (Lipinski definition) is 1. The molecule has 0 aliphatic carbocycles. The highest BCUT2D eigenvalue weighted by atomic mass is 79.9. The molecule has 0 spiro atoms. The lowest BCUT2D eigenvalue weighted by Crippen LogP contribution is -2.51. The number of halogens is 1. The summed E-state index contributed by atoms with van der Waals surface area (Å²) in [5.74, 6) is 0.290. The molecule has 0 bridgehead atoms. The van der Waals surface area contributed by atoms with Gasteiger partial charge in [-0.1, -0.05) is 64.0 Å². The minimum absolute atomic E-state index is 0.0479. The Morgan fingerprint density at radius 3 is 2.07 bits per heavy atom. The normalized spacial score (nSPS) is 11.8. The predicted molar refractivity (Wildman–Crippen MR) is 172 cm³/mol. The van der Waals surface area contributed by atoms with E-state index in [0.717, 1.165) is 19.9 Å². The van der Waals surface area contributed by atoms with Crippen molar-refractivity contribution in [2.75, 3.05) is 17.4 Å². The summed E-state index contributed by atoms with van der Waals surface area (Å²) in [5.41, 5.74) is 1.98. The third-order valence-electron chi connectivity index (χ3n) is 6.78. The molecule has 4 aromatic rings. The Kier molecular flexibility index (Phi) is 10.6. The summed E-state index contributed by atoms with van der Waals surface area (Å²) in [7, 11) is -4.17. The molecule has 0 saturated carbocycles. The molecule has 0 aromatic heterocycles. The molecule has 8 nitrogen and oxygen atoms in total. The maximum Gasteiger partial charge on any atom is 0.264 e. The lowest BCUT2D eigenvalue weighted by atomic mass is 10.1. The molecular weight excluding hydrogens is 630 g/mol. The van der Waals surface area contributed by atoms with Crippen LogP contribution >= 0.6 is 15.9 Å². The number of carbonyl (C=O) groups is 2. The number of para-hydroxylation sites is 1. The molecule has 4 aromatic carbocycles. The summed E-state index contributed by atoms with van der Waals surface area (Å²) in [6, 6.07) is 28.7. The van der Waals surface area contributed by atoms with E-state index in [1.807, 2.05) is 61.5 Å². The van der Waals surface area contributed by atoms with E-state index in [-0.39, 0.29) is 23.0 Å². The van der Waals surface area contributed by atoms with Gasteiger partial charge in [0.15, 0.2) is 0 Å². The van der Waals surface area contributed by atoms with E-state index in [0.29, 0.717) is 18.0 Å². The Labute approximate surface area is 261 Å². The van der Waals surface area contributed by atoms with Crippen molar-refractivity contribution in [1.29, 1.82) is 0 Å². The second kappa shape index (κ2) is 14.3. The zero-order chi connectivity index (χ0) is 31.0. The Morgan fingerprint density at radius 1 is 0.860 bits per heavy atom. The maximum atomic E-state index is 14.0. The van der Waals surface area contributed by atoms with E-state index in [1.54, 1.807) is 50.2 Å². The van der Waals surface area contributed by atoms with Crippen LogP contribution in [0, 0.1) is 6.92 Å². The van der Waals surface area contributed by atoms with Crippen LogP contribution in [0.5, 0.6) is 11.5 Å². The minimum Gasteiger partial charge on any atom is -0.457 e. The van der Waals surface area contributed by atoms with Gasteiger partial charge in [0.05, 0.1) is 10.6 Å². The molecule has 0 aliphatic rings. The topological polar surface area (TPSA) is 96.0 Å². The average Bonchev–Trinajstić information content (AvgIpc) is 3.00. The number of aryl methyl sites for hydroxylation is 1. The van der Waals surface area contributed by atoms with Gasteiger partial charge in [-0.25, -0.2) is 8.42 Å². The van der Waals surface area contributed by atoms with Crippen molar-refractivity contribution in [2.24, 2.45) is 0 Å². The maximum absolute atomic E-state index is 14.0. The van der Waals surface area contributed by atoms with E-state index in [1.165, 1.54) is 17.0 Å². The van der Waals surface area contributed by atoms with Gasteiger partial charge >= 0.3 is 0 Å². The van der Waals surface area contributed by atoms with E-state index in [9.17, 15) is 18.0 Å². The molecule has 0 saturated heterocycles. The fraction of sp³-hybridized carbons (Fsp3) is 0.212. The molecule has 10 heteroatoms. The van der Waals surface area contributed by atoms with Crippen LogP contribution in [0.15, 0.2) is 112 Å². The van der Waals surface area contributed by atoms with Crippen LogP contribution in [-0.4, -0.2) is 44.3 Å². The Balaban J connectivity index is 1.70. The second-order valence-electron chi connectivity index (χ2n) is 9.95. The molecule has 0 radical (unpaired) electrons. The monoisotopic (exact) mass is 663 g/mol. The quantitative estimate of drug-likeness (QED) is 0.192. The van der Waals surface area contributed by atoms with E-state index >= 15 is 0 Å². The van der Waals surface area contributed by atoms with Gasteiger partial charge in [-0.15, -0.1) is 0 Å². The van der Waals surface area contributed by atoms with Gasteiger partial charge in [-0.2, -0.15) is 0 Å². The summed E-state index contributed by atoms with van der Waals surface area (Å²) in [5, 5.41) is 2.76. The molecule has 0 fully saturated rings. The molecule has 0 aliphatic heterocycles. The molecule has 4 rings (SSSR count). The highest BCUT2D eigenvalue weighted by Gasteiger charge is 2.32. The van der Waals surface area contributed by atoms with Crippen molar-refractivity contribution in [3.05, 3.63) is 119 Å². The lowest BCUT2D eigenvalue weighted by molar-refractivity contribution is -0.139. The second-order valence-corrected chi connectivity index (χ2v) is 12.7. The van der Waals surface area contributed by atoms with Gasteiger partial charge in [0.1, 0.15) is 24.1 Å². The predicted octanol–water partition coefficient (Wildman–Crippen LogP) is 6.30. The molecule has 43 heavy (non-hydrogen) atoms. The number of carbonyl (C=O) groups excluding carboxylic acids is 2. The van der Waals surface area contributed by atoms with Crippen molar-refractivity contribution >= 4 is 43.5 Å². The first-order valence-electron chi connectivity index (χ1n) is 13.8. The van der Waals surface area contributed by atoms with Gasteiger partial charge in [0, 0.05) is 17.6 Å². The zero-order valence-electron chi connectivity index (χ0n) is 24.2. The molecule has 2 amide bonds. The Hall–Kier alpha value is -4.15. The summed E-state index contributed by atoms with van der Waals surface area (Å²) in [6.45, 7) is 5.30. The third-order valence-corrected chi connectivity index (χ3v) is 9.09. The first kappa shape index (κ1) is 31.8. The fourth-order valence-electron chi connectivity index (χ4n) is 4.36. The first-order chi connectivity index (χ1) is 20.6. The molecular formula is C33H34BrN3O5S. The van der Waals surface area contributed by atoms with Crippen molar-refractivity contribution < 1.29 is 22.7 Å². The Bertz CT molecular complexity index is 1630. The van der Waals surface area contributed by atoms with Gasteiger partial charge in [-0.3, -0.25) is 13.9 Å². The SMILES string of the molecule is CCNC(=O)C(C)N(Cc1ccc(Br)cc1)C(=O)CN(c1ccc(Oc2ccccc2)cc1)S(=O)(=O)c1ccc(C)cc1. The van der Waals surface area contributed by atoms with E-state index < -0.39 is 28.5 Å². The number of benzene rings is 4. The van der Waals surface area contributed by atoms with E-state index in [4.69, 9.17) is 4.74 Å². The number of nitrogens with zero attached hydrogens (tertiary/aromatic N) is 2. The smallest absolute Gasteiger partial charge is 0.264 e. The number of likely N-dealkylation sites (N-methyl/N-ethyl adjacent to an activating group) is 1. The number of hydrogen-bond acceptors (Lipinski definition) is 5. The highest BCUT2D eigenvalue weighted by molar-refractivity contribution is 9.10. The van der Waals surface area contributed by atoms with Crippen molar-refractivity contribution in [3.8, 4) is 11.5 Å². The van der Waals surface area contributed by atoms with Crippen LogP contribution in [0.3, 0.4) is 0 Å². The highest BCUT2D eigenvalue weighted by Crippen LogP contribution is 2.29. The van der Waals surface area contributed by atoms with Crippen LogP contribution < -0.4 is 14.4 Å². The van der Waals surface area contributed by atoms with Crippen LogP contribution in [0.2, 0.25) is 0 Å². The average molecular weight is 665 g/mol. The number of amides is 2. The fourth-order valence-corrected chi connectivity index (χ4v) is 6.04. The summed E-state index contributed by atoms with van der Waals surface area (Å²) in [4.78, 5) is 28.3. The van der Waals surface area contributed by atoms with E-state index in [2.05, 4.69) is 21.2 Å². The number of sulfonamides is 1.